The minimum Gasteiger partial charge on any atom is -0.484 e. The third kappa shape index (κ3) is 6.02. The Balaban J connectivity index is 0.00000288. The highest BCUT2D eigenvalue weighted by molar-refractivity contribution is 5.88. The second kappa shape index (κ2) is 10.2. The lowest BCUT2D eigenvalue weighted by Gasteiger charge is -2.34. The van der Waals surface area contributed by atoms with Gasteiger partial charge in [-0.3, -0.25) is 9.59 Å². The summed E-state index contributed by atoms with van der Waals surface area (Å²) < 4.78 is 5.38. The molecule has 0 radical (unpaired) electrons. The quantitative estimate of drug-likeness (QED) is 0.804. The molecular formula is C17H26ClN3O3. The SMILES string of the molecule is CNC1CCCN(C(=O)C(C)NC(=O)COc2ccccc2)C1.Cl. The maximum absolute atomic E-state index is 12.4. The van der Waals surface area contributed by atoms with Crippen molar-refractivity contribution in [3.63, 3.8) is 0 Å². The molecule has 2 rings (SSSR count). The van der Waals surface area contributed by atoms with Crippen molar-refractivity contribution in [1.82, 2.24) is 15.5 Å². The third-order valence-corrected chi connectivity index (χ3v) is 4.00. The molecule has 1 aliphatic heterocycles. The highest BCUT2D eigenvalue weighted by atomic mass is 35.5. The van der Waals surface area contributed by atoms with Crippen LogP contribution in [0.5, 0.6) is 5.75 Å². The van der Waals surface area contributed by atoms with E-state index in [1.54, 1.807) is 19.1 Å². The fraction of sp³-hybridized carbons (Fsp3) is 0.529. The summed E-state index contributed by atoms with van der Waals surface area (Å²) in [6.45, 7) is 3.06. The van der Waals surface area contributed by atoms with Crippen LogP contribution in [-0.2, 0) is 9.59 Å². The van der Waals surface area contributed by atoms with Gasteiger partial charge < -0.3 is 20.3 Å². The zero-order valence-corrected chi connectivity index (χ0v) is 15.0. The Labute approximate surface area is 149 Å². The van der Waals surface area contributed by atoms with Crippen LogP contribution in [0.4, 0.5) is 0 Å². The number of hydrogen-bond acceptors (Lipinski definition) is 4. The predicted octanol–water partition coefficient (Wildman–Crippen LogP) is 1.20. The van der Waals surface area contributed by atoms with Crippen LogP contribution in [0.15, 0.2) is 30.3 Å². The van der Waals surface area contributed by atoms with Crippen LogP contribution in [0.1, 0.15) is 19.8 Å². The molecule has 1 aliphatic rings. The van der Waals surface area contributed by atoms with Gasteiger partial charge in [-0.2, -0.15) is 0 Å². The van der Waals surface area contributed by atoms with Gasteiger partial charge in [0.2, 0.25) is 5.91 Å². The molecule has 1 fully saturated rings. The molecule has 1 saturated heterocycles. The second-order valence-electron chi connectivity index (χ2n) is 5.80. The lowest BCUT2D eigenvalue weighted by Crippen LogP contribution is -2.53. The maximum Gasteiger partial charge on any atom is 0.258 e. The van der Waals surface area contributed by atoms with Crippen molar-refractivity contribution in [2.45, 2.75) is 31.8 Å². The summed E-state index contributed by atoms with van der Waals surface area (Å²) in [5, 5.41) is 5.91. The second-order valence-corrected chi connectivity index (χ2v) is 5.80. The number of piperidine rings is 1. The summed E-state index contributed by atoms with van der Waals surface area (Å²) in [6, 6.07) is 8.92. The minimum atomic E-state index is -0.544. The molecule has 6 nitrogen and oxygen atoms in total. The van der Waals surface area contributed by atoms with Crippen molar-refractivity contribution in [3.05, 3.63) is 30.3 Å². The first kappa shape index (κ1) is 20.3. The number of nitrogens with one attached hydrogen (secondary N) is 2. The molecule has 0 aliphatic carbocycles. The summed E-state index contributed by atoms with van der Waals surface area (Å²) in [5.41, 5.74) is 0. The van der Waals surface area contributed by atoms with Crippen LogP contribution in [0, 0.1) is 0 Å². The number of rotatable bonds is 6. The first-order chi connectivity index (χ1) is 11.1. The van der Waals surface area contributed by atoms with Gasteiger partial charge >= 0.3 is 0 Å². The van der Waals surface area contributed by atoms with E-state index in [4.69, 9.17) is 4.74 Å². The summed E-state index contributed by atoms with van der Waals surface area (Å²) >= 11 is 0. The van der Waals surface area contributed by atoms with E-state index in [0.29, 0.717) is 18.3 Å². The smallest absolute Gasteiger partial charge is 0.258 e. The number of carbonyl (C=O) groups excluding carboxylic acids is 2. The van der Waals surface area contributed by atoms with Crippen LogP contribution in [0.25, 0.3) is 0 Å². The van der Waals surface area contributed by atoms with Gasteiger partial charge in [0.25, 0.3) is 5.91 Å². The molecule has 7 heteroatoms. The first-order valence-electron chi connectivity index (χ1n) is 8.03. The van der Waals surface area contributed by atoms with Gasteiger partial charge in [-0.05, 0) is 38.9 Å². The number of hydrogen-bond donors (Lipinski definition) is 2. The van der Waals surface area contributed by atoms with Gasteiger partial charge in [0.1, 0.15) is 11.8 Å². The topological polar surface area (TPSA) is 70.7 Å². The van der Waals surface area contributed by atoms with Crippen LogP contribution in [0.2, 0.25) is 0 Å². The average Bonchev–Trinajstić information content (AvgIpc) is 2.60. The van der Waals surface area contributed by atoms with E-state index in [9.17, 15) is 9.59 Å². The van der Waals surface area contributed by atoms with Gasteiger partial charge in [0.05, 0.1) is 0 Å². The number of amides is 2. The van der Waals surface area contributed by atoms with Gasteiger partial charge in [0.15, 0.2) is 6.61 Å². The molecule has 2 unspecified atom stereocenters. The minimum absolute atomic E-state index is 0. The van der Waals surface area contributed by atoms with Crippen molar-refractivity contribution in [2.75, 3.05) is 26.7 Å². The van der Waals surface area contributed by atoms with Crippen LogP contribution in [-0.4, -0.2) is 55.5 Å². The maximum atomic E-state index is 12.4. The highest BCUT2D eigenvalue weighted by Gasteiger charge is 2.26. The molecule has 0 spiro atoms. The Bertz CT molecular complexity index is 527. The Kier molecular flexibility index (Phi) is 8.57. The number of halogens is 1. The van der Waals surface area contributed by atoms with Gasteiger partial charge in [-0.1, -0.05) is 18.2 Å². The van der Waals surface area contributed by atoms with Crippen LogP contribution >= 0.6 is 12.4 Å². The number of nitrogens with zero attached hydrogens (tertiary/aromatic N) is 1. The summed E-state index contributed by atoms with van der Waals surface area (Å²) in [7, 11) is 1.91. The van der Waals surface area contributed by atoms with Crippen molar-refractivity contribution in [2.24, 2.45) is 0 Å². The molecule has 1 aromatic rings. The molecule has 2 amide bonds. The number of carbonyl (C=O) groups is 2. The fourth-order valence-electron chi connectivity index (χ4n) is 2.70. The monoisotopic (exact) mass is 355 g/mol. The number of benzene rings is 1. The molecular weight excluding hydrogens is 330 g/mol. The molecule has 1 aromatic carbocycles. The fourth-order valence-corrected chi connectivity index (χ4v) is 2.70. The summed E-state index contributed by atoms with van der Waals surface area (Å²) in [6.07, 6.45) is 2.06. The number of para-hydroxylation sites is 1. The zero-order valence-electron chi connectivity index (χ0n) is 14.2. The van der Waals surface area contributed by atoms with E-state index in [1.807, 2.05) is 30.1 Å². The molecule has 24 heavy (non-hydrogen) atoms. The first-order valence-corrected chi connectivity index (χ1v) is 8.03. The number of likely N-dealkylation sites (tertiary alicyclic amines) is 1. The van der Waals surface area contributed by atoms with Crippen molar-refractivity contribution < 1.29 is 14.3 Å². The molecule has 0 bridgehead atoms. The van der Waals surface area contributed by atoms with E-state index in [0.717, 1.165) is 19.4 Å². The Hall–Kier alpha value is -1.79. The Morgan fingerprint density at radius 1 is 1.33 bits per heavy atom. The Morgan fingerprint density at radius 3 is 2.71 bits per heavy atom. The van der Waals surface area contributed by atoms with E-state index < -0.39 is 6.04 Å². The van der Waals surface area contributed by atoms with E-state index in [2.05, 4.69) is 10.6 Å². The lowest BCUT2D eigenvalue weighted by atomic mass is 10.1. The highest BCUT2D eigenvalue weighted by Crippen LogP contribution is 2.11. The van der Waals surface area contributed by atoms with Crippen LogP contribution in [0.3, 0.4) is 0 Å². The lowest BCUT2D eigenvalue weighted by molar-refractivity contribution is -0.137. The average molecular weight is 356 g/mol. The van der Waals surface area contributed by atoms with E-state index >= 15 is 0 Å². The van der Waals surface area contributed by atoms with Crippen molar-refractivity contribution in [3.8, 4) is 5.75 Å². The molecule has 0 saturated carbocycles. The van der Waals surface area contributed by atoms with Crippen molar-refractivity contribution >= 4 is 24.2 Å². The standard InChI is InChI=1S/C17H25N3O3.ClH/c1-13(17(22)20-10-6-7-14(11-20)18-2)19-16(21)12-23-15-8-4-3-5-9-15;/h3-5,8-9,13-14,18H,6-7,10-12H2,1-2H3,(H,19,21);1H. The normalized spacial score (nSPS) is 18.2. The predicted molar refractivity (Wildman–Crippen MR) is 95.5 cm³/mol. The Morgan fingerprint density at radius 2 is 2.04 bits per heavy atom. The molecule has 134 valence electrons. The van der Waals surface area contributed by atoms with E-state index in [1.165, 1.54) is 0 Å². The molecule has 1 heterocycles. The van der Waals surface area contributed by atoms with Crippen molar-refractivity contribution in [1.29, 1.82) is 0 Å². The van der Waals surface area contributed by atoms with Gasteiger partial charge in [-0.25, -0.2) is 0 Å². The third-order valence-electron chi connectivity index (χ3n) is 4.00. The number of ether oxygens (including phenoxy) is 1. The molecule has 2 atom stereocenters. The van der Waals surface area contributed by atoms with E-state index in [-0.39, 0.29) is 30.8 Å². The number of likely N-dealkylation sites (N-methyl/N-ethyl adjacent to an activating group) is 1. The largest absolute Gasteiger partial charge is 0.484 e. The summed E-state index contributed by atoms with van der Waals surface area (Å²) in [4.78, 5) is 26.1. The molecule has 0 aromatic heterocycles. The van der Waals surface area contributed by atoms with Crippen LogP contribution < -0.4 is 15.4 Å². The van der Waals surface area contributed by atoms with Gasteiger partial charge in [-0.15, -0.1) is 12.4 Å². The molecule has 2 N–H and O–H groups in total. The summed E-state index contributed by atoms with van der Waals surface area (Å²) in [5.74, 6) is 0.296. The van der Waals surface area contributed by atoms with Gasteiger partial charge in [0, 0.05) is 19.1 Å². The zero-order chi connectivity index (χ0) is 16.7.